The van der Waals surface area contributed by atoms with Crippen LogP contribution in [0, 0.1) is 0 Å². The van der Waals surface area contributed by atoms with Gasteiger partial charge in [0.05, 0.1) is 25.0 Å². The van der Waals surface area contributed by atoms with Crippen molar-refractivity contribution in [2.75, 3.05) is 14.1 Å². The zero-order valence-electron chi connectivity index (χ0n) is 17.4. The number of para-hydroxylation sites is 1. The minimum Gasteiger partial charge on any atom is -0.349 e. The highest BCUT2D eigenvalue weighted by atomic mass is 127. The lowest BCUT2D eigenvalue weighted by molar-refractivity contribution is 0.462. The minimum atomic E-state index is 0. The highest BCUT2D eigenvalue weighted by Gasteiger charge is 2.12. The molecule has 160 valence electrons. The molecule has 0 atom stereocenters. The minimum absolute atomic E-state index is 0. The van der Waals surface area contributed by atoms with Gasteiger partial charge >= 0.3 is 0 Å². The maximum Gasteiger partial charge on any atom is 0.194 e. The summed E-state index contributed by atoms with van der Waals surface area (Å²) in [5.41, 5.74) is 3.13. The van der Waals surface area contributed by atoms with Crippen molar-refractivity contribution in [2.45, 2.75) is 13.1 Å². The van der Waals surface area contributed by atoms with E-state index in [4.69, 9.17) is 0 Å². The molecule has 31 heavy (non-hydrogen) atoms. The predicted molar refractivity (Wildman–Crippen MR) is 132 cm³/mol. The quantitative estimate of drug-likeness (QED) is 0.228. The van der Waals surface area contributed by atoms with E-state index in [1.165, 1.54) is 0 Å². The molecule has 2 aromatic heterocycles. The van der Waals surface area contributed by atoms with E-state index < -0.39 is 0 Å². The second-order valence-electron chi connectivity index (χ2n) is 6.82. The SMILES string of the molecule is CN=C(NCc1nncn1-c1ccccc1)N(C)Cc1ncc(-c2ccccc2)[nH]1.I. The van der Waals surface area contributed by atoms with Crippen LogP contribution in [0.15, 0.2) is 78.2 Å². The first-order valence-corrected chi connectivity index (χ1v) is 9.70. The van der Waals surface area contributed by atoms with Gasteiger partial charge in [-0.15, -0.1) is 34.2 Å². The monoisotopic (exact) mass is 528 g/mol. The lowest BCUT2D eigenvalue weighted by atomic mass is 10.2. The molecule has 2 N–H and O–H groups in total. The van der Waals surface area contributed by atoms with Crippen LogP contribution in [-0.2, 0) is 13.1 Å². The number of imidazole rings is 1. The molecule has 0 saturated heterocycles. The molecule has 2 heterocycles. The number of nitrogens with one attached hydrogen (secondary N) is 2. The number of aromatic amines is 1. The van der Waals surface area contributed by atoms with Crippen LogP contribution in [0.1, 0.15) is 11.6 Å². The van der Waals surface area contributed by atoms with Gasteiger partial charge in [0.25, 0.3) is 0 Å². The topological polar surface area (TPSA) is 87.0 Å². The summed E-state index contributed by atoms with van der Waals surface area (Å²) in [7, 11) is 3.74. The van der Waals surface area contributed by atoms with Gasteiger partial charge in [-0.2, -0.15) is 0 Å². The molecule has 0 radical (unpaired) electrons. The number of aliphatic imine (C=N–C) groups is 1. The Labute approximate surface area is 198 Å². The van der Waals surface area contributed by atoms with Crippen molar-refractivity contribution in [3.8, 4) is 16.9 Å². The van der Waals surface area contributed by atoms with Crippen LogP contribution in [-0.4, -0.2) is 49.7 Å². The normalized spacial score (nSPS) is 11.1. The van der Waals surface area contributed by atoms with E-state index in [1.54, 1.807) is 13.4 Å². The highest BCUT2D eigenvalue weighted by Crippen LogP contribution is 2.16. The molecule has 0 bridgehead atoms. The summed E-state index contributed by atoms with van der Waals surface area (Å²) < 4.78 is 1.96. The molecule has 8 nitrogen and oxygen atoms in total. The second-order valence-corrected chi connectivity index (χ2v) is 6.82. The molecule has 0 aliphatic rings. The molecule has 0 spiro atoms. The Morgan fingerprint density at radius 1 is 1.10 bits per heavy atom. The standard InChI is InChI=1S/C22H24N8.HI/c1-23-22(25-14-21-28-26-16-30(21)18-11-7-4-8-12-18)29(2)15-20-24-13-19(27-20)17-9-5-3-6-10-17;/h3-13,16H,14-15H2,1-2H3,(H,23,25)(H,24,27);1H. The first kappa shape index (κ1) is 22.5. The Hall–Kier alpha value is -3.21. The fraction of sp³-hybridized carbons (Fsp3) is 0.182. The van der Waals surface area contributed by atoms with Crippen molar-refractivity contribution in [3.63, 3.8) is 0 Å². The molecule has 0 aliphatic carbocycles. The van der Waals surface area contributed by atoms with E-state index in [0.717, 1.165) is 34.6 Å². The van der Waals surface area contributed by atoms with Crippen molar-refractivity contribution < 1.29 is 0 Å². The number of nitrogens with zero attached hydrogens (tertiary/aromatic N) is 6. The first-order valence-electron chi connectivity index (χ1n) is 9.70. The molecule has 0 amide bonds. The maximum atomic E-state index is 4.51. The van der Waals surface area contributed by atoms with Gasteiger partial charge in [-0.25, -0.2) is 4.98 Å². The summed E-state index contributed by atoms with van der Waals surface area (Å²) in [5, 5.41) is 11.6. The summed E-state index contributed by atoms with van der Waals surface area (Å²) in [4.78, 5) is 14.3. The highest BCUT2D eigenvalue weighted by molar-refractivity contribution is 14.0. The lowest BCUT2D eigenvalue weighted by Gasteiger charge is -2.21. The van der Waals surface area contributed by atoms with E-state index in [-0.39, 0.29) is 24.0 Å². The van der Waals surface area contributed by atoms with Crippen molar-refractivity contribution in [2.24, 2.45) is 4.99 Å². The smallest absolute Gasteiger partial charge is 0.194 e. The van der Waals surface area contributed by atoms with Crippen LogP contribution < -0.4 is 5.32 Å². The van der Waals surface area contributed by atoms with Gasteiger partial charge in [-0.05, 0) is 17.7 Å². The Morgan fingerprint density at radius 3 is 2.52 bits per heavy atom. The van der Waals surface area contributed by atoms with Crippen molar-refractivity contribution in [1.29, 1.82) is 0 Å². The Kier molecular flexibility index (Phi) is 7.76. The van der Waals surface area contributed by atoms with E-state index in [2.05, 4.69) is 42.6 Å². The van der Waals surface area contributed by atoms with Gasteiger partial charge in [0, 0.05) is 19.8 Å². The zero-order valence-corrected chi connectivity index (χ0v) is 19.8. The van der Waals surface area contributed by atoms with Crippen LogP contribution >= 0.6 is 24.0 Å². The summed E-state index contributed by atoms with van der Waals surface area (Å²) in [6.45, 7) is 1.09. The Morgan fingerprint density at radius 2 is 1.81 bits per heavy atom. The van der Waals surface area contributed by atoms with E-state index in [1.807, 2.05) is 71.2 Å². The van der Waals surface area contributed by atoms with E-state index in [0.29, 0.717) is 13.1 Å². The number of guanidine groups is 1. The van der Waals surface area contributed by atoms with Crippen LogP contribution in [0.5, 0.6) is 0 Å². The molecule has 0 aliphatic heterocycles. The molecular formula is C22H25IN8. The number of H-pyrrole nitrogens is 1. The van der Waals surface area contributed by atoms with Gasteiger partial charge in [0.15, 0.2) is 11.8 Å². The van der Waals surface area contributed by atoms with Gasteiger partial charge in [-0.3, -0.25) is 9.56 Å². The predicted octanol–water partition coefficient (Wildman–Crippen LogP) is 3.48. The molecular weight excluding hydrogens is 503 g/mol. The van der Waals surface area contributed by atoms with Crippen molar-refractivity contribution in [1.82, 2.24) is 34.9 Å². The molecule has 0 fully saturated rings. The summed E-state index contributed by atoms with van der Waals surface area (Å²) >= 11 is 0. The molecule has 0 unspecified atom stereocenters. The third-order valence-corrected chi connectivity index (χ3v) is 4.73. The summed E-state index contributed by atoms with van der Waals surface area (Å²) in [6, 6.07) is 20.2. The van der Waals surface area contributed by atoms with Crippen molar-refractivity contribution in [3.05, 3.63) is 84.8 Å². The van der Waals surface area contributed by atoms with E-state index in [9.17, 15) is 0 Å². The first-order chi connectivity index (χ1) is 14.7. The molecule has 4 rings (SSSR count). The van der Waals surface area contributed by atoms with Crippen LogP contribution in [0.2, 0.25) is 0 Å². The second kappa shape index (κ2) is 10.7. The third kappa shape index (κ3) is 5.48. The Balaban J connectivity index is 0.00000272. The van der Waals surface area contributed by atoms with Gasteiger partial charge in [0.2, 0.25) is 0 Å². The van der Waals surface area contributed by atoms with Gasteiger partial charge in [-0.1, -0.05) is 48.5 Å². The fourth-order valence-electron chi connectivity index (χ4n) is 3.23. The lowest BCUT2D eigenvalue weighted by Crippen LogP contribution is -2.38. The molecule has 2 aromatic carbocycles. The molecule has 9 heteroatoms. The number of benzene rings is 2. The zero-order chi connectivity index (χ0) is 20.8. The summed E-state index contributed by atoms with van der Waals surface area (Å²) in [6.07, 6.45) is 3.57. The average Bonchev–Trinajstić information content (AvgIpc) is 3.45. The van der Waals surface area contributed by atoms with Crippen LogP contribution in [0.3, 0.4) is 0 Å². The molecule has 4 aromatic rings. The molecule has 0 saturated carbocycles. The van der Waals surface area contributed by atoms with Crippen LogP contribution in [0.25, 0.3) is 16.9 Å². The Bertz CT molecular complexity index is 1100. The maximum absolute atomic E-state index is 4.51. The van der Waals surface area contributed by atoms with Crippen molar-refractivity contribution >= 4 is 29.9 Å². The van der Waals surface area contributed by atoms with E-state index >= 15 is 0 Å². The number of rotatable bonds is 6. The third-order valence-electron chi connectivity index (χ3n) is 4.73. The van der Waals surface area contributed by atoms with Gasteiger partial charge < -0.3 is 15.2 Å². The number of aromatic nitrogens is 5. The summed E-state index contributed by atoms with van der Waals surface area (Å²) in [5.74, 6) is 2.42. The largest absolute Gasteiger partial charge is 0.349 e. The van der Waals surface area contributed by atoms with Gasteiger partial charge in [0.1, 0.15) is 12.2 Å². The fourth-order valence-corrected chi connectivity index (χ4v) is 3.23. The number of halogens is 1. The number of hydrogen-bond acceptors (Lipinski definition) is 4. The van der Waals surface area contributed by atoms with Crippen LogP contribution in [0.4, 0.5) is 0 Å². The average molecular weight is 528 g/mol. The number of hydrogen-bond donors (Lipinski definition) is 2.